The summed E-state index contributed by atoms with van der Waals surface area (Å²) in [6.07, 6.45) is 6.74. The molecule has 0 bridgehead atoms. The number of urea groups is 1. The Morgan fingerprint density at radius 3 is 3.17 bits per heavy atom. The average molecular weight is 164 g/mol. The number of carbonyl (C=O) groups is 1. The number of allylic oxidation sites excluding steroid dienone is 2. The van der Waals surface area contributed by atoms with E-state index in [9.17, 15) is 4.79 Å². The van der Waals surface area contributed by atoms with E-state index in [0.29, 0.717) is 6.54 Å². The summed E-state index contributed by atoms with van der Waals surface area (Å²) in [5.74, 6) is 0. The van der Waals surface area contributed by atoms with Crippen molar-refractivity contribution in [1.29, 1.82) is 0 Å². The molecule has 0 N–H and O–H groups in total. The molecule has 0 saturated heterocycles. The van der Waals surface area contributed by atoms with Crippen LogP contribution in [0.4, 0.5) is 4.79 Å². The fraction of sp³-hybridized carbons (Fsp3) is 0.333. The second-order valence-corrected chi connectivity index (χ2v) is 2.50. The van der Waals surface area contributed by atoms with Gasteiger partial charge in [0.15, 0.2) is 0 Å². The van der Waals surface area contributed by atoms with E-state index in [0.717, 1.165) is 12.1 Å². The fourth-order valence-electron chi connectivity index (χ4n) is 1.17. The molecule has 2 amide bonds. The van der Waals surface area contributed by atoms with Gasteiger partial charge in [0.25, 0.3) is 0 Å². The molecule has 1 aliphatic heterocycles. The van der Waals surface area contributed by atoms with Crippen molar-refractivity contribution in [2.75, 3.05) is 6.54 Å². The third-order valence-electron chi connectivity index (χ3n) is 1.78. The maximum Gasteiger partial charge on any atom is 0.347 e. The highest BCUT2D eigenvalue weighted by molar-refractivity contribution is 5.81. The average Bonchev–Trinajstić information content (AvgIpc) is 2.16. The first kappa shape index (κ1) is 8.71. The Bertz CT molecular complexity index is 253. The summed E-state index contributed by atoms with van der Waals surface area (Å²) in [4.78, 5) is 16.1. The van der Waals surface area contributed by atoms with E-state index < -0.39 is 0 Å². The summed E-state index contributed by atoms with van der Waals surface area (Å²) < 4.78 is 0. The quantitative estimate of drug-likeness (QED) is 0.504. The van der Waals surface area contributed by atoms with Crippen LogP contribution in [0.5, 0.6) is 0 Å². The molecular weight excluding hydrogens is 152 g/mol. The number of aliphatic imine (C=N–C) groups is 1. The zero-order valence-corrected chi connectivity index (χ0v) is 7.16. The van der Waals surface area contributed by atoms with Gasteiger partial charge in [-0.25, -0.2) is 9.79 Å². The van der Waals surface area contributed by atoms with E-state index in [1.807, 2.05) is 25.2 Å². The summed E-state index contributed by atoms with van der Waals surface area (Å²) in [6, 6.07) is -0.271. The minimum atomic E-state index is -0.271. The SMILES string of the molecule is C=NC(=O)N1CCC=C/C1=C/C. The van der Waals surface area contributed by atoms with E-state index >= 15 is 0 Å². The Balaban J connectivity index is 2.83. The maximum absolute atomic E-state index is 11.2. The van der Waals surface area contributed by atoms with Crippen LogP contribution in [0.3, 0.4) is 0 Å². The van der Waals surface area contributed by atoms with Crippen molar-refractivity contribution in [3.8, 4) is 0 Å². The summed E-state index contributed by atoms with van der Waals surface area (Å²) >= 11 is 0. The normalized spacial score (nSPS) is 19.8. The fourth-order valence-corrected chi connectivity index (χ4v) is 1.17. The molecule has 0 aromatic carbocycles. The lowest BCUT2D eigenvalue weighted by atomic mass is 10.2. The smallest absolute Gasteiger partial charge is 0.293 e. The van der Waals surface area contributed by atoms with Gasteiger partial charge in [-0.1, -0.05) is 12.2 Å². The molecule has 0 spiro atoms. The van der Waals surface area contributed by atoms with E-state index in [-0.39, 0.29) is 6.03 Å². The van der Waals surface area contributed by atoms with Crippen molar-refractivity contribution in [1.82, 2.24) is 4.90 Å². The van der Waals surface area contributed by atoms with Crippen LogP contribution < -0.4 is 0 Å². The van der Waals surface area contributed by atoms with Crippen LogP contribution in [-0.4, -0.2) is 24.2 Å². The van der Waals surface area contributed by atoms with Crippen LogP contribution in [0, 0.1) is 0 Å². The van der Waals surface area contributed by atoms with E-state index in [4.69, 9.17) is 0 Å². The summed E-state index contributed by atoms with van der Waals surface area (Å²) in [6.45, 7) is 5.81. The number of carbonyl (C=O) groups excluding carboxylic acids is 1. The first-order valence-corrected chi connectivity index (χ1v) is 3.90. The van der Waals surface area contributed by atoms with Gasteiger partial charge < -0.3 is 0 Å². The Morgan fingerprint density at radius 2 is 2.58 bits per heavy atom. The first-order chi connectivity index (χ1) is 5.79. The highest BCUT2D eigenvalue weighted by Crippen LogP contribution is 2.14. The topological polar surface area (TPSA) is 32.7 Å². The Labute approximate surface area is 72.1 Å². The van der Waals surface area contributed by atoms with Crippen LogP contribution in [0.25, 0.3) is 0 Å². The molecule has 3 nitrogen and oxygen atoms in total. The second kappa shape index (κ2) is 3.85. The van der Waals surface area contributed by atoms with Crippen molar-refractivity contribution in [2.24, 2.45) is 4.99 Å². The number of amides is 2. The molecule has 0 aromatic heterocycles. The van der Waals surface area contributed by atoms with E-state index in [1.165, 1.54) is 0 Å². The molecule has 1 rings (SSSR count). The number of hydrogen-bond donors (Lipinski definition) is 0. The Hall–Kier alpha value is -1.38. The van der Waals surface area contributed by atoms with Crippen molar-refractivity contribution in [3.63, 3.8) is 0 Å². The second-order valence-electron chi connectivity index (χ2n) is 2.50. The van der Waals surface area contributed by atoms with Gasteiger partial charge in [0, 0.05) is 12.2 Å². The molecule has 0 aromatic rings. The van der Waals surface area contributed by atoms with Crippen molar-refractivity contribution < 1.29 is 4.79 Å². The van der Waals surface area contributed by atoms with Gasteiger partial charge in [-0.3, -0.25) is 4.90 Å². The minimum Gasteiger partial charge on any atom is -0.293 e. The molecule has 0 fully saturated rings. The van der Waals surface area contributed by atoms with Crippen LogP contribution in [0.15, 0.2) is 28.9 Å². The molecule has 3 heteroatoms. The van der Waals surface area contributed by atoms with E-state index in [1.54, 1.807) is 4.90 Å². The standard InChI is InChI=1S/C9H12N2O/c1-3-8-6-4-5-7-11(8)9(12)10-2/h3-4,6H,2,5,7H2,1H3/b8-3-. The van der Waals surface area contributed by atoms with Gasteiger partial charge in [-0.2, -0.15) is 0 Å². The molecule has 0 saturated carbocycles. The maximum atomic E-state index is 11.2. The zero-order valence-electron chi connectivity index (χ0n) is 7.16. The number of hydrogen-bond acceptors (Lipinski definition) is 1. The van der Waals surface area contributed by atoms with Gasteiger partial charge in [0.2, 0.25) is 0 Å². The monoisotopic (exact) mass is 164 g/mol. The van der Waals surface area contributed by atoms with Gasteiger partial charge in [0.05, 0.1) is 0 Å². The zero-order chi connectivity index (χ0) is 8.97. The van der Waals surface area contributed by atoms with Crippen molar-refractivity contribution >= 4 is 12.7 Å². The lowest BCUT2D eigenvalue weighted by Crippen LogP contribution is -2.29. The third-order valence-corrected chi connectivity index (χ3v) is 1.78. The minimum absolute atomic E-state index is 0.271. The highest BCUT2D eigenvalue weighted by Gasteiger charge is 2.15. The number of nitrogens with zero attached hydrogens (tertiary/aromatic N) is 2. The predicted octanol–water partition coefficient (Wildman–Crippen LogP) is 1.97. The summed E-state index contributed by atoms with van der Waals surface area (Å²) in [7, 11) is 0. The van der Waals surface area contributed by atoms with Crippen molar-refractivity contribution in [3.05, 3.63) is 23.9 Å². The highest BCUT2D eigenvalue weighted by atomic mass is 16.2. The van der Waals surface area contributed by atoms with Crippen LogP contribution in [0.1, 0.15) is 13.3 Å². The molecule has 0 unspecified atom stereocenters. The molecular formula is C9H12N2O. The molecule has 0 aliphatic carbocycles. The van der Waals surface area contributed by atoms with Gasteiger partial charge >= 0.3 is 6.03 Å². The lowest BCUT2D eigenvalue weighted by Gasteiger charge is -2.23. The molecule has 1 heterocycles. The molecule has 0 atom stereocenters. The number of rotatable bonds is 0. The van der Waals surface area contributed by atoms with Crippen LogP contribution >= 0.6 is 0 Å². The van der Waals surface area contributed by atoms with Gasteiger partial charge in [-0.15, -0.1) is 0 Å². The summed E-state index contributed by atoms with van der Waals surface area (Å²) in [5.41, 5.74) is 0.902. The largest absolute Gasteiger partial charge is 0.347 e. The molecule has 0 radical (unpaired) electrons. The van der Waals surface area contributed by atoms with Crippen molar-refractivity contribution in [2.45, 2.75) is 13.3 Å². The van der Waals surface area contributed by atoms with Crippen LogP contribution in [-0.2, 0) is 0 Å². The third kappa shape index (κ3) is 1.61. The Kier molecular flexibility index (Phi) is 2.80. The lowest BCUT2D eigenvalue weighted by molar-refractivity contribution is 0.222. The van der Waals surface area contributed by atoms with Gasteiger partial charge in [-0.05, 0) is 26.1 Å². The van der Waals surface area contributed by atoms with Gasteiger partial charge in [0.1, 0.15) is 0 Å². The van der Waals surface area contributed by atoms with E-state index in [2.05, 4.69) is 11.7 Å². The Morgan fingerprint density at radius 1 is 1.83 bits per heavy atom. The molecule has 12 heavy (non-hydrogen) atoms. The molecule has 1 aliphatic rings. The predicted molar refractivity (Wildman–Crippen MR) is 49.2 cm³/mol. The van der Waals surface area contributed by atoms with Crippen LogP contribution in [0.2, 0.25) is 0 Å². The first-order valence-electron chi connectivity index (χ1n) is 3.90. The molecule has 64 valence electrons. The summed E-state index contributed by atoms with van der Waals surface area (Å²) in [5, 5.41) is 0.